The van der Waals surface area contributed by atoms with Gasteiger partial charge in [-0.15, -0.1) is 0 Å². The van der Waals surface area contributed by atoms with Crippen molar-refractivity contribution in [3.63, 3.8) is 0 Å². The van der Waals surface area contributed by atoms with Crippen LogP contribution in [0, 0.1) is 17.7 Å². The van der Waals surface area contributed by atoms with Crippen LogP contribution in [0.25, 0.3) is 0 Å². The minimum Gasteiger partial charge on any atom is -0.326 e. The van der Waals surface area contributed by atoms with Crippen LogP contribution in [0.5, 0.6) is 0 Å². The van der Waals surface area contributed by atoms with Crippen molar-refractivity contribution in [1.29, 1.82) is 0 Å². The molecule has 1 aliphatic heterocycles. The molecule has 0 radical (unpaired) electrons. The maximum Gasteiger partial charge on any atom is 0.244 e. The summed E-state index contributed by atoms with van der Waals surface area (Å²) in [6, 6.07) is 4.02. The molecule has 5 fully saturated rings. The molecule has 0 aromatic heterocycles. The van der Waals surface area contributed by atoms with Gasteiger partial charge in [-0.3, -0.25) is 4.79 Å². The molecule has 3 atom stereocenters. The van der Waals surface area contributed by atoms with Crippen LogP contribution in [0.15, 0.2) is 23.1 Å². The van der Waals surface area contributed by atoms with Gasteiger partial charge in [-0.05, 0) is 75.3 Å². The molecule has 0 spiro atoms. The molecule has 4 N–H and O–H groups in total. The van der Waals surface area contributed by atoms with Gasteiger partial charge in [-0.1, -0.05) is 17.7 Å². The predicted octanol–water partition coefficient (Wildman–Crippen LogP) is 2.35. The summed E-state index contributed by atoms with van der Waals surface area (Å²) in [7, 11) is -4.08. The van der Waals surface area contributed by atoms with Gasteiger partial charge in [-0.2, -0.15) is 0 Å². The molecule has 7 nitrogen and oxygen atoms in total. The van der Waals surface area contributed by atoms with Crippen LogP contribution in [0.4, 0.5) is 4.39 Å². The smallest absolute Gasteiger partial charge is 0.244 e. The third-order valence-electron chi connectivity index (χ3n) is 7.85. The summed E-state index contributed by atoms with van der Waals surface area (Å²) in [6.07, 6.45) is 6.52. The van der Waals surface area contributed by atoms with Crippen molar-refractivity contribution in [3.05, 3.63) is 29.0 Å². The number of halogens is 2. The minimum atomic E-state index is -4.08. The van der Waals surface area contributed by atoms with Gasteiger partial charge in [0.25, 0.3) is 0 Å². The molecule has 1 heterocycles. The molecule has 5 aliphatic rings. The van der Waals surface area contributed by atoms with E-state index in [1.54, 1.807) is 4.90 Å². The van der Waals surface area contributed by atoms with Crippen LogP contribution in [-0.4, -0.2) is 49.6 Å². The van der Waals surface area contributed by atoms with Crippen LogP contribution in [-0.2, 0) is 14.8 Å². The first-order valence-corrected chi connectivity index (χ1v) is 13.2. The van der Waals surface area contributed by atoms with Gasteiger partial charge in [0.15, 0.2) is 5.82 Å². The van der Waals surface area contributed by atoms with E-state index in [4.69, 9.17) is 17.3 Å². The number of nitrogens with two attached hydrogens (primary N) is 1. The first-order valence-electron chi connectivity index (χ1n) is 11.4. The number of amides is 1. The van der Waals surface area contributed by atoms with Crippen molar-refractivity contribution in [1.82, 2.24) is 14.9 Å². The Morgan fingerprint density at radius 2 is 1.91 bits per heavy atom. The first kappa shape index (κ1) is 22.5. The lowest BCUT2D eigenvalue weighted by atomic mass is 9.50. The number of likely N-dealkylation sites (tertiary alicyclic amines) is 1. The molecule has 4 saturated carbocycles. The van der Waals surface area contributed by atoms with Gasteiger partial charge in [-0.25, -0.2) is 17.5 Å². The summed E-state index contributed by atoms with van der Waals surface area (Å²) in [5.41, 5.74) is 5.11. The Balaban J connectivity index is 1.35. The summed E-state index contributed by atoms with van der Waals surface area (Å²) in [4.78, 5) is 14.0. The zero-order chi connectivity index (χ0) is 22.7. The van der Waals surface area contributed by atoms with Gasteiger partial charge in [0.2, 0.25) is 15.9 Å². The lowest BCUT2D eigenvalue weighted by Crippen LogP contribution is -2.69. The normalized spacial score (nSPS) is 36.1. The zero-order valence-corrected chi connectivity index (χ0v) is 19.5. The topological polar surface area (TPSA) is 105 Å². The van der Waals surface area contributed by atoms with Crippen LogP contribution >= 0.6 is 11.6 Å². The highest BCUT2D eigenvalue weighted by Gasteiger charge is 2.59. The van der Waals surface area contributed by atoms with Crippen molar-refractivity contribution >= 4 is 27.5 Å². The Morgan fingerprint density at radius 1 is 1.22 bits per heavy atom. The monoisotopic (exact) mass is 484 g/mol. The van der Waals surface area contributed by atoms with Crippen LogP contribution < -0.4 is 15.8 Å². The number of hydrogen-bond donors (Lipinski definition) is 3. The lowest BCUT2D eigenvalue weighted by molar-refractivity contribution is -0.132. The quantitative estimate of drug-likeness (QED) is 0.575. The molecule has 1 amide bonds. The van der Waals surface area contributed by atoms with Crippen LogP contribution in [0.3, 0.4) is 0 Å². The number of carbonyl (C=O) groups is 1. The van der Waals surface area contributed by atoms with Crippen molar-refractivity contribution < 1.29 is 17.6 Å². The molecule has 1 saturated heterocycles. The van der Waals surface area contributed by atoms with Crippen molar-refractivity contribution in [3.8, 4) is 0 Å². The summed E-state index contributed by atoms with van der Waals surface area (Å²) in [5.74, 6) is -0.173. The number of carbonyl (C=O) groups excluding carboxylic acids is 1. The minimum absolute atomic E-state index is 0.00127. The summed E-state index contributed by atoms with van der Waals surface area (Å²) >= 11 is 5.83. The van der Waals surface area contributed by atoms with E-state index in [1.165, 1.54) is 18.2 Å². The molecule has 32 heavy (non-hydrogen) atoms. The van der Waals surface area contributed by atoms with E-state index in [0.717, 1.165) is 44.9 Å². The number of sulfonamides is 1. The second-order valence-corrected chi connectivity index (χ2v) is 12.4. The fraction of sp³-hybridized carbons (Fsp3) is 0.682. The van der Waals surface area contributed by atoms with Crippen molar-refractivity contribution in [2.24, 2.45) is 17.6 Å². The molecule has 1 aromatic rings. The third kappa shape index (κ3) is 3.96. The molecule has 2 unspecified atom stereocenters. The molecule has 6 rings (SSSR count). The largest absolute Gasteiger partial charge is 0.326 e. The van der Waals surface area contributed by atoms with Gasteiger partial charge < -0.3 is 16.0 Å². The van der Waals surface area contributed by atoms with Crippen molar-refractivity contribution in [2.75, 3.05) is 13.1 Å². The van der Waals surface area contributed by atoms with Gasteiger partial charge >= 0.3 is 0 Å². The lowest BCUT2D eigenvalue weighted by Gasteiger charge is -2.62. The van der Waals surface area contributed by atoms with Crippen LogP contribution in [0.1, 0.15) is 51.4 Å². The highest BCUT2D eigenvalue weighted by Crippen LogP contribution is 2.57. The average Bonchev–Trinajstić information content (AvgIpc) is 3.12. The fourth-order valence-electron chi connectivity index (χ4n) is 7.09. The maximum absolute atomic E-state index is 14.5. The van der Waals surface area contributed by atoms with Crippen LogP contribution in [0.2, 0.25) is 5.02 Å². The third-order valence-corrected chi connectivity index (χ3v) is 9.74. The van der Waals surface area contributed by atoms with E-state index in [2.05, 4.69) is 10.0 Å². The molecule has 10 heteroatoms. The van der Waals surface area contributed by atoms with Crippen molar-refractivity contribution in [2.45, 2.75) is 73.5 Å². The Kier molecular flexibility index (Phi) is 5.57. The average molecular weight is 485 g/mol. The number of rotatable bonds is 6. The highest BCUT2D eigenvalue weighted by atomic mass is 35.5. The Morgan fingerprint density at radius 3 is 2.56 bits per heavy atom. The molecular weight excluding hydrogens is 455 g/mol. The van der Waals surface area contributed by atoms with E-state index < -0.39 is 26.3 Å². The second-order valence-electron chi connectivity index (χ2n) is 10.3. The number of nitrogens with zero attached hydrogens (tertiary/aromatic N) is 1. The Labute approximate surface area is 193 Å². The second kappa shape index (κ2) is 7.91. The molecule has 4 bridgehead atoms. The first-order chi connectivity index (χ1) is 15.1. The van der Waals surface area contributed by atoms with E-state index in [-0.39, 0.29) is 29.2 Å². The van der Waals surface area contributed by atoms with E-state index in [9.17, 15) is 17.6 Å². The van der Waals surface area contributed by atoms with E-state index in [1.807, 2.05) is 0 Å². The molecule has 4 aliphatic carbocycles. The van der Waals surface area contributed by atoms with Gasteiger partial charge in [0.05, 0.1) is 17.7 Å². The van der Waals surface area contributed by atoms with E-state index >= 15 is 0 Å². The maximum atomic E-state index is 14.5. The molecule has 176 valence electrons. The van der Waals surface area contributed by atoms with Gasteiger partial charge in [0, 0.05) is 17.6 Å². The number of nitrogens with one attached hydrogen (secondary N) is 2. The van der Waals surface area contributed by atoms with Gasteiger partial charge in [0.1, 0.15) is 4.90 Å². The SMILES string of the molecule is N[C@@H]1CCCN1C(=O)CNC12CC3CC(C1)CC(NS(=O)(=O)c1cccc(Cl)c1F)(C3)C2. The molecular formula is C22H30ClFN4O3S. The summed E-state index contributed by atoms with van der Waals surface area (Å²) < 4.78 is 43.7. The zero-order valence-electron chi connectivity index (χ0n) is 17.9. The highest BCUT2D eigenvalue weighted by molar-refractivity contribution is 7.89. The number of benzene rings is 1. The Bertz CT molecular complexity index is 1020. The fourth-order valence-corrected chi connectivity index (χ4v) is 8.84. The number of hydrogen-bond acceptors (Lipinski definition) is 5. The molecule has 1 aromatic carbocycles. The van der Waals surface area contributed by atoms with E-state index in [0.29, 0.717) is 24.8 Å². The summed E-state index contributed by atoms with van der Waals surface area (Å²) in [5, 5.41) is 3.31. The predicted molar refractivity (Wildman–Crippen MR) is 119 cm³/mol. The standard InChI is InChI=1S/C22H30ClFN4O3S/c23-16-3-1-4-17(20(16)24)32(30,31)27-22-10-14-7-15(11-22)9-21(8-14,13-22)26-12-19(29)28-6-2-5-18(28)25/h1,3-4,14-15,18,26-27H,2,5-13,25H2/t14?,15?,18-,21?,22?/m0/s1. The Hall–Kier alpha value is -1.26. The summed E-state index contributed by atoms with van der Waals surface area (Å²) in [6.45, 7) is 0.897.